The summed E-state index contributed by atoms with van der Waals surface area (Å²) in [6.07, 6.45) is 0.614. The van der Waals surface area contributed by atoms with Gasteiger partial charge >= 0.3 is 0 Å². The van der Waals surface area contributed by atoms with Crippen LogP contribution in [0.3, 0.4) is 0 Å². The van der Waals surface area contributed by atoms with Gasteiger partial charge in [0.05, 0.1) is 23.5 Å². The van der Waals surface area contributed by atoms with Crippen molar-refractivity contribution in [3.63, 3.8) is 0 Å². The van der Waals surface area contributed by atoms with Crippen molar-refractivity contribution in [2.24, 2.45) is 0 Å². The van der Waals surface area contributed by atoms with Gasteiger partial charge in [-0.25, -0.2) is 17.9 Å². The summed E-state index contributed by atoms with van der Waals surface area (Å²) in [6.45, 7) is 2.92. The van der Waals surface area contributed by atoms with E-state index in [-0.39, 0.29) is 28.5 Å². The third kappa shape index (κ3) is 4.54. The molecule has 1 aliphatic heterocycles. The molecule has 0 bridgehead atoms. The molecule has 4 rings (SSSR count). The zero-order valence-electron chi connectivity index (χ0n) is 16.7. The minimum atomic E-state index is -0.632. The van der Waals surface area contributed by atoms with Gasteiger partial charge < -0.3 is 10.2 Å². The molecule has 1 amide bonds. The van der Waals surface area contributed by atoms with E-state index in [0.29, 0.717) is 37.4 Å². The molecule has 0 spiro atoms. The maximum Gasteiger partial charge on any atom is 0.256 e. The van der Waals surface area contributed by atoms with Gasteiger partial charge in [-0.3, -0.25) is 4.79 Å². The van der Waals surface area contributed by atoms with E-state index in [1.54, 1.807) is 24.0 Å². The quantitative estimate of drug-likeness (QED) is 0.632. The number of carbonyl (C=O) groups is 1. The number of benzene rings is 2. The largest absolute Gasteiger partial charge is 0.367 e. The minimum absolute atomic E-state index is 0.193. The molecule has 5 nitrogen and oxygen atoms in total. The first-order chi connectivity index (χ1) is 14.8. The fourth-order valence-corrected chi connectivity index (χ4v) is 4.09. The molecule has 31 heavy (non-hydrogen) atoms. The van der Waals surface area contributed by atoms with Gasteiger partial charge in [0, 0.05) is 25.2 Å². The summed E-state index contributed by atoms with van der Waals surface area (Å²) in [7, 11) is 0. The first-order valence-electron chi connectivity index (χ1n) is 9.80. The van der Waals surface area contributed by atoms with Crippen molar-refractivity contribution >= 4 is 23.2 Å². The molecular formula is C22H20ClF3N4O. The highest BCUT2D eigenvalue weighted by atomic mass is 35.5. The molecule has 1 aliphatic rings. The molecule has 1 N–H and O–H groups in total. The lowest BCUT2D eigenvalue weighted by Gasteiger charge is -2.19. The van der Waals surface area contributed by atoms with Crippen molar-refractivity contribution in [3.05, 3.63) is 81.9 Å². The Labute approximate surface area is 182 Å². The lowest BCUT2D eigenvalue weighted by Crippen LogP contribution is -2.37. The van der Waals surface area contributed by atoms with Crippen LogP contribution in [-0.4, -0.2) is 34.8 Å². The lowest BCUT2D eigenvalue weighted by molar-refractivity contribution is 0.0940. The van der Waals surface area contributed by atoms with Crippen molar-refractivity contribution in [2.75, 3.05) is 18.0 Å². The van der Waals surface area contributed by atoms with Crippen LogP contribution in [0.25, 0.3) is 0 Å². The van der Waals surface area contributed by atoms with E-state index in [2.05, 4.69) is 10.4 Å². The molecule has 0 radical (unpaired) electrons. The average molecular weight is 449 g/mol. The fourth-order valence-electron chi connectivity index (χ4n) is 3.77. The molecule has 2 aromatic carbocycles. The van der Waals surface area contributed by atoms with Gasteiger partial charge in [0.1, 0.15) is 22.6 Å². The van der Waals surface area contributed by atoms with Gasteiger partial charge in [-0.1, -0.05) is 23.7 Å². The van der Waals surface area contributed by atoms with Crippen LogP contribution in [0.2, 0.25) is 5.15 Å². The maximum atomic E-state index is 14.0. The molecule has 1 unspecified atom stereocenters. The average Bonchev–Trinajstić information content (AvgIpc) is 3.27. The minimum Gasteiger partial charge on any atom is -0.367 e. The summed E-state index contributed by atoms with van der Waals surface area (Å²) in [4.78, 5) is 14.6. The SMILES string of the molecule is Cc1nn(Cc2ccc(F)cc2)c(Cl)c1C(=O)NC1CCN(c2ccc(F)cc2F)C1. The highest BCUT2D eigenvalue weighted by Gasteiger charge is 2.28. The summed E-state index contributed by atoms with van der Waals surface area (Å²) in [5.41, 5.74) is 1.85. The molecule has 1 saturated heterocycles. The van der Waals surface area contributed by atoms with Gasteiger partial charge in [0.15, 0.2) is 0 Å². The van der Waals surface area contributed by atoms with Crippen LogP contribution >= 0.6 is 11.6 Å². The Morgan fingerprint density at radius 3 is 2.58 bits per heavy atom. The Kier molecular flexibility index (Phi) is 5.91. The summed E-state index contributed by atoms with van der Waals surface area (Å²) in [5, 5.41) is 7.46. The second-order valence-corrected chi connectivity index (χ2v) is 7.89. The maximum absolute atomic E-state index is 14.0. The van der Waals surface area contributed by atoms with Crippen LogP contribution < -0.4 is 10.2 Å². The summed E-state index contributed by atoms with van der Waals surface area (Å²) in [5.74, 6) is -1.96. The van der Waals surface area contributed by atoms with E-state index >= 15 is 0 Å². The lowest BCUT2D eigenvalue weighted by atomic mass is 10.2. The number of carbonyl (C=O) groups excluding carboxylic acids is 1. The van der Waals surface area contributed by atoms with Crippen LogP contribution in [0.4, 0.5) is 18.9 Å². The van der Waals surface area contributed by atoms with Gasteiger partial charge in [-0.05, 0) is 43.2 Å². The van der Waals surface area contributed by atoms with Crippen molar-refractivity contribution in [1.29, 1.82) is 0 Å². The highest BCUT2D eigenvalue weighted by molar-refractivity contribution is 6.33. The van der Waals surface area contributed by atoms with Crippen molar-refractivity contribution < 1.29 is 18.0 Å². The third-order valence-electron chi connectivity index (χ3n) is 5.31. The second kappa shape index (κ2) is 8.63. The number of anilines is 1. The number of rotatable bonds is 5. The smallest absolute Gasteiger partial charge is 0.256 e. The second-order valence-electron chi connectivity index (χ2n) is 7.54. The van der Waals surface area contributed by atoms with E-state index in [0.717, 1.165) is 11.6 Å². The van der Waals surface area contributed by atoms with Crippen LogP contribution in [0.1, 0.15) is 28.0 Å². The Hall–Kier alpha value is -3.00. The molecule has 1 aromatic heterocycles. The monoisotopic (exact) mass is 448 g/mol. The van der Waals surface area contributed by atoms with Crippen LogP contribution in [0, 0.1) is 24.4 Å². The Balaban J connectivity index is 1.44. The molecule has 2 heterocycles. The molecule has 9 heteroatoms. The van der Waals surface area contributed by atoms with E-state index < -0.39 is 11.6 Å². The van der Waals surface area contributed by atoms with Crippen LogP contribution in [-0.2, 0) is 6.54 Å². The topological polar surface area (TPSA) is 50.2 Å². The number of halogens is 4. The predicted octanol–water partition coefficient (Wildman–Crippen LogP) is 4.32. The van der Waals surface area contributed by atoms with Crippen LogP contribution in [0.5, 0.6) is 0 Å². The first kappa shape index (κ1) is 21.2. The van der Waals surface area contributed by atoms with E-state index in [9.17, 15) is 18.0 Å². The van der Waals surface area contributed by atoms with E-state index in [1.165, 1.54) is 28.9 Å². The summed E-state index contributed by atoms with van der Waals surface area (Å²) < 4.78 is 41.8. The van der Waals surface area contributed by atoms with E-state index in [1.807, 2.05) is 0 Å². The molecule has 0 aliphatic carbocycles. The van der Waals surface area contributed by atoms with Gasteiger partial charge in [0.2, 0.25) is 0 Å². The first-order valence-corrected chi connectivity index (χ1v) is 10.2. The normalized spacial score (nSPS) is 16.0. The van der Waals surface area contributed by atoms with E-state index in [4.69, 9.17) is 11.6 Å². The Morgan fingerprint density at radius 1 is 1.16 bits per heavy atom. The predicted molar refractivity (Wildman–Crippen MR) is 112 cm³/mol. The number of hydrogen-bond acceptors (Lipinski definition) is 3. The Morgan fingerprint density at radius 2 is 1.87 bits per heavy atom. The van der Waals surface area contributed by atoms with Gasteiger partial charge in [-0.2, -0.15) is 5.10 Å². The zero-order valence-corrected chi connectivity index (χ0v) is 17.5. The van der Waals surface area contributed by atoms with Crippen molar-refractivity contribution in [2.45, 2.75) is 25.9 Å². The molecule has 1 fully saturated rings. The molecule has 162 valence electrons. The van der Waals surface area contributed by atoms with Gasteiger partial charge in [0.25, 0.3) is 5.91 Å². The molecule has 1 atom stereocenters. The standard InChI is InChI=1S/C22H20ClF3N4O/c1-13-20(21(23)30(28-13)11-14-2-4-15(24)5-3-14)22(31)27-17-8-9-29(12-17)19-7-6-16(25)10-18(19)26/h2-7,10,17H,8-9,11-12H2,1H3,(H,27,31). The van der Waals surface area contributed by atoms with Gasteiger partial charge in [-0.15, -0.1) is 0 Å². The number of nitrogens with zero attached hydrogens (tertiary/aromatic N) is 3. The zero-order chi connectivity index (χ0) is 22.1. The fraction of sp³-hybridized carbons (Fsp3) is 0.273. The third-order valence-corrected chi connectivity index (χ3v) is 5.70. The van der Waals surface area contributed by atoms with Crippen molar-refractivity contribution in [3.8, 4) is 0 Å². The Bertz CT molecular complexity index is 1120. The number of hydrogen-bond donors (Lipinski definition) is 1. The number of nitrogens with one attached hydrogen (secondary N) is 1. The summed E-state index contributed by atoms with van der Waals surface area (Å²) >= 11 is 6.42. The van der Waals surface area contributed by atoms with Crippen molar-refractivity contribution in [1.82, 2.24) is 15.1 Å². The van der Waals surface area contributed by atoms with Crippen LogP contribution in [0.15, 0.2) is 42.5 Å². The number of aryl methyl sites for hydroxylation is 1. The molecular weight excluding hydrogens is 429 g/mol. The molecule has 3 aromatic rings. The summed E-state index contributed by atoms with van der Waals surface area (Å²) in [6, 6.07) is 9.20. The number of amides is 1. The highest BCUT2D eigenvalue weighted by Crippen LogP contribution is 2.26. The number of aromatic nitrogens is 2. The molecule has 0 saturated carbocycles.